The van der Waals surface area contributed by atoms with Crippen molar-refractivity contribution < 1.29 is 14.4 Å². The fourth-order valence-corrected chi connectivity index (χ4v) is 2.22. The lowest BCUT2D eigenvalue weighted by Gasteiger charge is -2.06. The van der Waals surface area contributed by atoms with Gasteiger partial charge >= 0.3 is 0 Å². The van der Waals surface area contributed by atoms with Crippen molar-refractivity contribution in [3.8, 4) is 16.9 Å². The Morgan fingerprint density at radius 3 is 2.81 bits per heavy atom. The number of aromatic nitrogens is 2. The number of benzene rings is 2. The van der Waals surface area contributed by atoms with E-state index in [-0.39, 0.29) is 5.56 Å². The molecule has 7 heteroatoms. The minimum Gasteiger partial charge on any atom is -0.504 e. The molecule has 0 unspecified atom stereocenters. The molecule has 106 valence electrons. The highest BCUT2D eigenvalue weighted by Gasteiger charge is 2.18. The Hall–Kier alpha value is -2.96. The van der Waals surface area contributed by atoms with Crippen molar-refractivity contribution in [2.24, 2.45) is 0 Å². The number of halogens is 1. The summed E-state index contributed by atoms with van der Waals surface area (Å²) in [6, 6.07) is 6.90. The Morgan fingerprint density at radius 2 is 2.10 bits per heavy atom. The number of rotatable bonds is 2. The second kappa shape index (κ2) is 4.55. The van der Waals surface area contributed by atoms with E-state index >= 15 is 0 Å². The average Bonchev–Trinajstić information content (AvgIpc) is 2.82. The normalized spacial score (nSPS) is 11.0. The summed E-state index contributed by atoms with van der Waals surface area (Å²) in [5.41, 5.74) is 1.68. The zero-order valence-electron chi connectivity index (χ0n) is 10.9. The molecule has 6 nitrogen and oxygen atoms in total. The van der Waals surface area contributed by atoms with Crippen LogP contribution in [0, 0.1) is 22.9 Å². The molecular weight excluding hydrogens is 277 g/mol. The summed E-state index contributed by atoms with van der Waals surface area (Å²) in [6.07, 6.45) is 0. The number of phenols is 1. The largest absolute Gasteiger partial charge is 0.504 e. The first kappa shape index (κ1) is 13.0. The SMILES string of the molecule is Cc1n[nH]c2ccc(-c3cc([N+](=O)[O-])cc(F)c3O)cc12. The molecule has 0 atom stereocenters. The van der Waals surface area contributed by atoms with Crippen LogP contribution >= 0.6 is 0 Å². The minimum atomic E-state index is -1.02. The summed E-state index contributed by atoms with van der Waals surface area (Å²) in [7, 11) is 0. The number of H-pyrrole nitrogens is 1. The van der Waals surface area contributed by atoms with Crippen molar-refractivity contribution in [1.29, 1.82) is 0 Å². The van der Waals surface area contributed by atoms with Crippen LogP contribution in [0.2, 0.25) is 0 Å². The van der Waals surface area contributed by atoms with E-state index in [2.05, 4.69) is 10.2 Å². The van der Waals surface area contributed by atoms with Gasteiger partial charge in [0.2, 0.25) is 0 Å². The number of nitrogens with zero attached hydrogens (tertiary/aromatic N) is 2. The zero-order valence-corrected chi connectivity index (χ0v) is 10.9. The van der Waals surface area contributed by atoms with Crippen molar-refractivity contribution in [2.75, 3.05) is 0 Å². The van der Waals surface area contributed by atoms with Crippen molar-refractivity contribution in [2.45, 2.75) is 6.92 Å². The molecule has 1 aromatic heterocycles. The molecule has 0 amide bonds. The van der Waals surface area contributed by atoms with E-state index in [1.54, 1.807) is 25.1 Å². The van der Waals surface area contributed by atoms with Crippen LogP contribution in [0.5, 0.6) is 5.75 Å². The van der Waals surface area contributed by atoms with Crippen LogP contribution in [0.3, 0.4) is 0 Å². The first-order chi connectivity index (χ1) is 9.97. The van der Waals surface area contributed by atoms with E-state index in [4.69, 9.17) is 0 Å². The summed E-state index contributed by atoms with van der Waals surface area (Å²) >= 11 is 0. The predicted octanol–water partition coefficient (Wildman–Crippen LogP) is 3.29. The topological polar surface area (TPSA) is 92.0 Å². The van der Waals surface area contributed by atoms with Crippen LogP contribution in [0.4, 0.5) is 10.1 Å². The molecule has 2 N–H and O–H groups in total. The maximum atomic E-state index is 13.6. The molecule has 0 spiro atoms. The molecule has 0 radical (unpaired) electrons. The molecule has 0 saturated heterocycles. The van der Waals surface area contributed by atoms with Gasteiger partial charge in [0.15, 0.2) is 11.6 Å². The van der Waals surface area contributed by atoms with Gasteiger partial charge in [-0.15, -0.1) is 0 Å². The summed E-state index contributed by atoms with van der Waals surface area (Å²) in [5.74, 6) is -1.63. The quantitative estimate of drug-likeness (QED) is 0.558. The van der Waals surface area contributed by atoms with E-state index in [0.29, 0.717) is 11.6 Å². The van der Waals surface area contributed by atoms with Gasteiger partial charge in [0.25, 0.3) is 5.69 Å². The number of aryl methyl sites for hydroxylation is 1. The van der Waals surface area contributed by atoms with E-state index in [1.165, 1.54) is 0 Å². The summed E-state index contributed by atoms with van der Waals surface area (Å²) in [4.78, 5) is 10.1. The Labute approximate surface area is 118 Å². The molecule has 0 bridgehead atoms. The third-order valence-corrected chi connectivity index (χ3v) is 3.32. The lowest BCUT2D eigenvalue weighted by atomic mass is 10.0. The fraction of sp³-hybridized carbons (Fsp3) is 0.0714. The lowest BCUT2D eigenvalue weighted by Crippen LogP contribution is -1.92. The van der Waals surface area contributed by atoms with Gasteiger partial charge in [-0.05, 0) is 24.6 Å². The predicted molar refractivity (Wildman–Crippen MR) is 74.5 cm³/mol. The average molecular weight is 287 g/mol. The number of nitro groups is 1. The Balaban J connectivity index is 2.26. The van der Waals surface area contributed by atoms with E-state index in [9.17, 15) is 19.6 Å². The molecule has 2 aromatic carbocycles. The third kappa shape index (κ3) is 2.08. The van der Waals surface area contributed by atoms with E-state index in [0.717, 1.165) is 22.7 Å². The highest BCUT2D eigenvalue weighted by Crippen LogP contribution is 2.36. The molecule has 0 fully saturated rings. The monoisotopic (exact) mass is 287 g/mol. The zero-order chi connectivity index (χ0) is 15.1. The first-order valence-corrected chi connectivity index (χ1v) is 6.09. The second-order valence-electron chi connectivity index (χ2n) is 4.65. The fourth-order valence-electron chi connectivity index (χ4n) is 2.22. The Bertz CT molecular complexity index is 873. The Kier molecular flexibility index (Phi) is 2.83. The number of fused-ring (bicyclic) bond motifs is 1. The molecule has 0 aliphatic rings. The highest BCUT2D eigenvalue weighted by molar-refractivity contribution is 5.87. The molecular formula is C14H10FN3O3. The molecule has 3 rings (SSSR count). The summed E-state index contributed by atoms with van der Waals surface area (Å²) in [5, 5.41) is 28.3. The number of non-ortho nitro benzene ring substituents is 1. The number of hydrogen-bond acceptors (Lipinski definition) is 4. The number of nitro benzene ring substituents is 1. The van der Waals surface area contributed by atoms with Crippen LogP contribution in [0.1, 0.15) is 5.69 Å². The first-order valence-electron chi connectivity index (χ1n) is 6.09. The highest BCUT2D eigenvalue weighted by atomic mass is 19.1. The van der Waals surface area contributed by atoms with Gasteiger partial charge in [-0.3, -0.25) is 15.2 Å². The lowest BCUT2D eigenvalue weighted by molar-refractivity contribution is -0.385. The molecule has 0 aliphatic carbocycles. The van der Waals surface area contributed by atoms with Gasteiger partial charge in [-0.25, -0.2) is 4.39 Å². The number of aromatic hydroxyl groups is 1. The summed E-state index contributed by atoms with van der Waals surface area (Å²) in [6.45, 7) is 1.80. The minimum absolute atomic E-state index is 0.0733. The number of aromatic amines is 1. The molecule has 21 heavy (non-hydrogen) atoms. The van der Waals surface area contributed by atoms with Crippen molar-refractivity contribution >= 4 is 16.6 Å². The van der Waals surface area contributed by atoms with Gasteiger partial charge in [-0.1, -0.05) is 6.07 Å². The van der Waals surface area contributed by atoms with Crippen LogP contribution in [0.15, 0.2) is 30.3 Å². The van der Waals surface area contributed by atoms with Gasteiger partial charge in [0, 0.05) is 17.0 Å². The smallest absolute Gasteiger partial charge is 0.273 e. The molecule has 3 aromatic rings. The molecule has 0 aliphatic heterocycles. The van der Waals surface area contributed by atoms with Crippen LogP contribution in [0.25, 0.3) is 22.0 Å². The maximum absolute atomic E-state index is 13.6. The number of hydrogen-bond donors (Lipinski definition) is 2. The van der Waals surface area contributed by atoms with Gasteiger partial charge in [0.05, 0.1) is 22.2 Å². The Morgan fingerprint density at radius 1 is 1.33 bits per heavy atom. The van der Waals surface area contributed by atoms with E-state index < -0.39 is 22.2 Å². The second-order valence-corrected chi connectivity index (χ2v) is 4.65. The number of phenolic OH excluding ortho intramolecular Hbond substituents is 1. The van der Waals surface area contributed by atoms with Crippen LogP contribution in [-0.2, 0) is 0 Å². The summed E-state index contributed by atoms with van der Waals surface area (Å²) < 4.78 is 13.6. The maximum Gasteiger partial charge on any atom is 0.273 e. The molecule has 1 heterocycles. The van der Waals surface area contributed by atoms with Gasteiger partial charge < -0.3 is 5.11 Å². The number of nitrogens with one attached hydrogen (secondary N) is 1. The van der Waals surface area contributed by atoms with Crippen molar-refractivity contribution in [3.63, 3.8) is 0 Å². The third-order valence-electron chi connectivity index (χ3n) is 3.32. The van der Waals surface area contributed by atoms with Gasteiger partial charge in [-0.2, -0.15) is 5.10 Å². The van der Waals surface area contributed by atoms with E-state index in [1.807, 2.05) is 0 Å². The standard InChI is InChI=1S/C14H10FN3O3/c1-7-10-4-8(2-3-13(10)17-16-7)11-5-9(18(20)21)6-12(15)14(11)19/h2-6,19H,1H3,(H,16,17). The van der Waals surface area contributed by atoms with Crippen molar-refractivity contribution in [1.82, 2.24) is 10.2 Å². The van der Waals surface area contributed by atoms with Crippen LogP contribution in [-0.4, -0.2) is 20.2 Å². The molecule has 0 saturated carbocycles. The van der Waals surface area contributed by atoms with Crippen LogP contribution < -0.4 is 0 Å². The van der Waals surface area contributed by atoms with Gasteiger partial charge in [0.1, 0.15) is 0 Å². The van der Waals surface area contributed by atoms with Crippen molar-refractivity contribution in [3.05, 3.63) is 52.0 Å².